The normalized spacial score (nSPS) is 11.4. The van der Waals surface area contributed by atoms with Crippen LogP contribution in [0.3, 0.4) is 0 Å². The molecule has 0 unspecified atom stereocenters. The molecule has 0 aliphatic carbocycles. The lowest BCUT2D eigenvalue weighted by atomic mass is 10.2. The molecule has 0 aliphatic heterocycles. The Balaban J connectivity index is 2.02. The molecule has 0 bridgehead atoms. The van der Waals surface area contributed by atoms with E-state index in [1.54, 1.807) is 0 Å². The lowest BCUT2D eigenvalue weighted by Crippen LogP contribution is -2.36. The van der Waals surface area contributed by atoms with Gasteiger partial charge >= 0.3 is 0 Å². The highest BCUT2D eigenvalue weighted by atomic mass is 32.1. The number of aromatic nitrogens is 1. The van der Waals surface area contributed by atoms with Crippen molar-refractivity contribution in [2.45, 2.75) is 33.4 Å². The van der Waals surface area contributed by atoms with Gasteiger partial charge in [-0.1, -0.05) is 13.0 Å². The second-order valence-corrected chi connectivity index (χ2v) is 6.90. The number of anilines is 1. The summed E-state index contributed by atoms with van der Waals surface area (Å²) in [6.45, 7) is 6.49. The number of nitrogens with one attached hydrogen (secondary N) is 2. The number of aliphatic imine (C=N–C) groups is 1. The second kappa shape index (κ2) is 9.27. The number of hydrogen-bond acceptors (Lipinski definition) is 4. The average Bonchev–Trinajstić information content (AvgIpc) is 3.05. The average molecular weight is 346 g/mol. The summed E-state index contributed by atoms with van der Waals surface area (Å²) in [5.74, 6) is 1.79. The van der Waals surface area contributed by atoms with Gasteiger partial charge in [0.15, 0.2) is 5.96 Å². The minimum absolute atomic E-state index is 0.599. The fourth-order valence-electron chi connectivity index (χ4n) is 2.34. The van der Waals surface area contributed by atoms with Crippen molar-refractivity contribution in [2.75, 3.05) is 25.5 Å². The topological polar surface area (TPSA) is 52.6 Å². The number of aryl methyl sites for hydroxylation is 1. The third kappa shape index (κ3) is 5.23. The number of nitrogens with zero attached hydrogens (tertiary/aromatic N) is 3. The summed E-state index contributed by atoms with van der Waals surface area (Å²) >= 11 is 1.85. The lowest BCUT2D eigenvalue weighted by Gasteiger charge is -2.15. The molecule has 0 fully saturated rings. The molecule has 0 aromatic carbocycles. The Kier molecular flexibility index (Phi) is 7.06. The van der Waals surface area contributed by atoms with E-state index >= 15 is 0 Å². The Morgan fingerprint density at radius 1 is 1.17 bits per heavy atom. The standard InChI is InChI=1S/C18H27N5S/c1-5-15-9-10-16(24-15)13-22-18(19-6-2)21-12-14-8-7-11-20-17(14)23(3)4/h7-11H,5-6,12-13H2,1-4H3,(H2,19,21,22). The first-order valence-corrected chi connectivity index (χ1v) is 9.16. The van der Waals surface area contributed by atoms with E-state index in [-0.39, 0.29) is 0 Å². The number of hydrogen-bond donors (Lipinski definition) is 2. The molecular weight excluding hydrogens is 318 g/mol. The van der Waals surface area contributed by atoms with Crippen LogP contribution in [0.15, 0.2) is 35.5 Å². The van der Waals surface area contributed by atoms with Gasteiger partial charge in [-0.05, 0) is 31.5 Å². The van der Waals surface area contributed by atoms with Gasteiger partial charge in [0.05, 0.1) is 13.1 Å². The van der Waals surface area contributed by atoms with Gasteiger partial charge in [0.25, 0.3) is 0 Å². The molecule has 0 aliphatic rings. The van der Waals surface area contributed by atoms with Crippen molar-refractivity contribution in [1.29, 1.82) is 0 Å². The molecule has 2 heterocycles. The number of rotatable bonds is 7. The maximum absolute atomic E-state index is 4.70. The van der Waals surface area contributed by atoms with Crippen LogP contribution in [0.1, 0.15) is 29.2 Å². The van der Waals surface area contributed by atoms with Crippen LogP contribution < -0.4 is 15.5 Å². The molecule has 2 N–H and O–H groups in total. The summed E-state index contributed by atoms with van der Waals surface area (Å²) in [4.78, 5) is 13.9. The Labute approximate surface area is 148 Å². The van der Waals surface area contributed by atoms with Crippen molar-refractivity contribution < 1.29 is 0 Å². The van der Waals surface area contributed by atoms with Crippen molar-refractivity contribution in [3.63, 3.8) is 0 Å². The van der Waals surface area contributed by atoms with Crippen LogP contribution in [0.2, 0.25) is 0 Å². The van der Waals surface area contributed by atoms with Gasteiger partial charge in [-0.15, -0.1) is 11.3 Å². The van der Waals surface area contributed by atoms with Crippen LogP contribution in [-0.2, 0) is 19.5 Å². The van der Waals surface area contributed by atoms with E-state index in [4.69, 9.17) is 4.99 Å². The first-order chi connectivity index (χ1) is 11.6. The van der Waals surface area contributed by atoms with E-state index in [9.17, 15) is 0 Å². The molecule has 0 atom stereocenters. The highest BCUT2D eigenvalue weighted by Crippen LogP contribution is 2.17. The summed E-state index contributed by atoms with van der Waals surface area (Å²) < 4.78 is 0. The maximum atomic E-state index is 4.70. The van der Waals surface area contributed by atoms with Gasteiger partial charge in [0.2, 0.25) is 0 Å². The molecule has 0 saturated carbocycles. The van der Waals surface area contributed by atoms with Gasteiger partial charge < -0.3 is 15.5 Å². The predicted molar refractivity (Wildman–Crippen MR) is 104 cm³/mol. The van der Waals surface area contributed by atoms with E-state index < -0.39 is 0 Å². The molecule has 2 aromatic rings. The SMILES string of the molecule is CCNC(=NCc1cccnc1N(C)C)NCc1ccc(CC)s1. The van der Waals surface area contributed by atoms with Crippen LogP contribution in [0.25, 0.3) is 0 Å². The molecule has 0 amide bonds. The third-order valence-corrected chi connectivity index (χ3v) is 4.77. The van der Waals surface area contributed by atoms with Gasteiger partial charge in [0.1, 0.15) is 5.82 Å². The van der Waals surface area contributed by atoms with Crippen molar-refractivity contribution >= 4 is 23.1 Å². The number of guanidine groups is 1. The minimum Gasteiger partial charge on any atom is -0.362 e. The molecular formula is C18H27N5S. The van der Waals surface area contributed by atoms with Crippen molar-refractivity contribution in [1.82, 2.24) is 15.6 Å². The predicted octanol–water partition coefficient (Wildman–Crippen LogP) is 3.03. The maximum Gasteiger partial charge on any atom is 0.191 e. The van der Waals surface area contributed by atoms with Gasteiger partial charge in [0, 0.05) is 42.2 Å². The minimum atomic E-state index is 0.599. The van der Waals surface area contributed by atoms with E-state index in [2.05, 4.69) is 47.7 Å². The molecule has 5 nitrogen and oxygen atoms in total. The summed E-state index contributed by atoms with van der Waals surface area (Å²) in [5, 5.41) is 6.71. The lowest BCUT2D eigenvalue weighted by molar-refractivity contribution is 0.822. The quantitative estimate of drug-likeness (QED) is 0.598. The van der Waals surface area contributed by atoms with Crippen molar-refractivity contribution in [3.8, 4) is 0 Å². The van der Waals surface area contributed by atoms with E-state index in [0.29, 0.717) is 6.54 Å². The van der Waals surface area contributed by atoms with E-state index in [1.807, 2.05) is 42.6 Å². The fraction of sp³-hybridized carbons (Fsp3) is 0.444. The van der Waals surface area contributed by atoms with E-state index in [1.165, 1.54) is 9.75 Å². The highest BCUT2D eigenvalue weighted by molar-refractivity contribution is 7.11. The zero-order valence-electron chi connectivity index (χ0n) is 15.0. The van der Waals surface area contributed by atoms with Gasteiger partial charge in [-0.25, -0.2) is 9.98 Å². The van der Waals surface area contributed by atoms with E-state index in [0.717, 1.165) is 36.9 Å². The highest BCUT2D eigenvalue weighted by Gasteiger charge is 2.06. The molecule has 6 heteroatoms. The van der Waals surface area contributed by atoms with Crippen LogP contribution in [0.4, 0.5) is 5.82 Å². The van der Waals surface area contributed by atoms with Crippen molar-refractivity contribution in [2.24, 2.45) is 4.99 Å². The molecule has 24 heavy (non-hydrogen) atoms. The van der Waals surface area contributed by atoms with Crippen molar-refractivity contribution in [3.05, 3.63) is 45.8 Å². The summed E-state index contributed by atoms with van der Waals surface area (Å²) in [7, 11) is 4.00. The molecule has 0 saturated heterocycles. The summed E-state index contributed by atoms with van der Waals surface area (Å²) in [5.41, 5.74) is 1.11. The monoisotopic (exact) mass is 345 g/mol. The van der Waals surface area contributed by atoms with Gasteiger partial charge in [-0.3, -0.25) is 0 Å². The molecule has 0 radical (unpaired) electrons. The smallest absolute Gasteiger partial charge is 0.191 e. The fourth-order valence-corrected chi connectivity index (χ4v) is 3.24. The second-order valence-electron chi connectivity index (χ2n) is 5.65. The van der Waals surface area contributed by atoms with Gasteiger partial charge in [-0.2, -0.15) is 0 Å². The van der Waals surface area contributed by atoms with Crippen LogP contribution in [0, 0.1) is 0 Å². The number of thiophene rings is 1. The number of pyridine rings is 1. The Bertz CT molecular complexity index is 663. The largest absolute Gasteiger partial charge is 0.362 e. The zero-order valence-corrected chi connectivity index (χ0v) is 15.8. The third-order valence-electron chi connectivity index (χ3n) is 3.54. The summed E-state index contributed by atoms with van der Waals surface area (Å²) in [6, 6.07) is 8.41. The molecule has 2 aromatic heterocycles. The first kappa shape index (κ1) is 18.3. The van der Waals surface area contributed by atoms with Crippen LogP contribution in [0.5, 0.6) is 0 Å². The van der Waals surface area contributed by atoms with Crippen LogP contribution >= 0.6 is 11.3 Å². The molecule has 0 spiro atoms. The summed E-state index contributed by atoms with van der Waals surface area (Å²) in [6.07, 6.45) is 2.90. The van der Waals surface area contributed by atoms with Crippen LogP contribution in [-0.4, -0.2) is 31.6 Å². The first-order valence-electron chi connectivity index (χ1n) is 8.35. The zero-order chi connectivity index (χ0) is 17.4. The Morgan fingerprint density at radius 2 is 1.96 bits per heavy atom. The molecule has 2 rings (SSSR count). The Morgan fingerprint density at radius 3 is 2.62 bits per heavy atom. The Hall–Kier alpha value is -2.08. The molecule has 130 valence electrons.